The maximum atomic E-state index is 13.0. The van der Waals surface area contributed by atoms with E-state index in [2.05, 4.69) is 29.2 Å². The first-order valence-corrected chi connectivity index (χ1v) is 8.83. The van der Waals surface area contributed by atoms with Gasteiger partial charge in [-0.3, -0.25) is 4.79 Å². The monoisotopic (exact) mass is 298 g/mol. The molecule has 22 heavy (non-hydrogen) atoms. The van der Waals surface area contributed by atoms with E-state index < -0.39 is 0 Å². The molecule has 118 valence electrons. The quantitative estimate of drug-likeness (QED) is 0.866. The van der Waals surface area contributed by atoms with Crippen molar-refractivity contribution in [2.45, 2.75) is 51.1 Å². The Labute approximate surface area is 132 Å². The summed E-state index contributed by atoms with van der Waals surface area (Å²) in [5.74, 6) is 1.77. The van der Waals surface area contributed by atoms with Gasteiger partial charge in [0.15, 0.2) is 0 Å². The summed E-state index contributed by atoms with van der Waals surface area (Å²) in [7, 11) is 0. The van der Waals surface area contributed by atoms with Crippen LogP contribution in [0.15, 0.2) is 24.3 Å². The lowest BCUT2D eigenvalue weighted by Crippen LogP contribution is -2.50. The number of nitrogens with zero attached hydrogens (tertiary/aromatic N) is 1. The van der Waals surface area contributed by atoms with Crippen LogP contribution in [-0.4, -0.2) is 23.4 Å². The van der Waals surface area contributed by atoms with Crippen LogP contribution in [0.1, 0.15) is 43.2 Å². The molecule has 2 bridgehead atoms. The standard InChI is InChI=1S/C19H26N2O/c20-18-14-6-3-7-15(18)11-17(10-14)19(22)21-9-8-13-4-1-2-5-16(13)12-21/h1-2,4-5,14-15,17-18H,3,6-12,20H2. The van der Waals surface area contributed by atoms with Crippen molar-refractivity contribution >= 4 is 5.91 Å². The third kappa shape index (κ3) is 2.45. The maximum absolute atomic E-state index is 13.0. The van der Waals surface area contributed by atoms with Gasteiger partial charge in [-0.25, -0.2) is 0 Å². The minimum Gasteiger partial charge on any atom is -0.338 e. The van der Waals surface area contributed by atoms with Crippen LogP contribution >= 0.6 is 0 Å². The molecule has 0 saturated heterocycles. The topological polar surface area (TPSA) is 46.3 Å². The smallest absolute Gasteiger partial charge is 0.226 e. The molecule has 1 aromatic carbocycles. The van der Waals surface area contributed by atoms with Gasteiger partial charge in [-0.1, -0.05) is 30.7 Å². The molecule has 4 rings (SSSR count). The van der Waals surface area contributed by atoms with E-state index in [0.717, 1.165) is 32.4 Å². The minimum atomic E-state index is 0.223. The normalized spacial score (nSPS) is 34.1. The first-order chi connectivity index (χ1) is 10.7. The molecule has 0 radical (unpaired) electrons. The van der Waals surface area contributed by atoms with Crippen molar-refractivity contribution in [2.24, 2.45) is 23.5 Å². The average molecular weight is 298 g/mol. The van der Waals surface area contributed by atoms with Gasteiger partial charge in [0.1, 0.15) is 0 Å². The Morgan fingerprint density at radius 2 is 1.77 bits per heavy atom. The molecule has 3 nitrogen and oxygen atoms in total. The molecule has 2 atom stereocenters. The summed E-state index contributed by atoms with van der Waals surface area (Å²) in [5, 5.41) is 0. The number of fused-ring (bicyclic) bond motifs is 3. The zero-order chi connectivity index (χ0) is 15.1. The number of carbonyl (C=O) groups is 1. The molecule has 0 spiro atoms. The number of carbonyl (C=O) groups excluding carboxylic acids is 1. The number of benzene rings is 1. The van der Waals surface area contributed by atoms with Gasteiger partial charge in [0.2, 0.25) is 5.91 Å². The third-order valence-corrected chi connectivity index (χ3v) is 6.20. The van der Waals surface area contributed by atoms with Crippen molar-refractivity contribution in [2.75, 3.05) is 6.54 Å². The van der Waals surface area contributed by atoms with Crippen molar-refractivity contribution in [3.63, 3.8) is 0 Å². The number of rotatable bonds is 1. The summed E-state index contributed by atoms with van der Waals surface area (Å²) in [6.45, 7) is 1.68. The molecule has 0 aromatic heterocycles. The number of amides is 1. The molecule has 1 heterocycles. The molecule has 2 saturated carbocycles. The molecule has 2 N–H and O–H groups in total. The highest BCUT2D eigenvalue weighted by Crippen LogP contribution is 2.42. The van der Waals surface area contributed by atoms with Crippen LogP contribution in [0.4, 0.5) is 0 Å². The van der Waals surface area contributed by atoms with Crippen molar-refractivity contribution in [1.82, 2.24) is 4.90 Å². The Morgan fingerprint density at radius 1 is 1.09 bits per heavy atom. The highest BCUT2D eigenvalue weighted by molar-refractivity contribution is 5.79. The maximum Gasteiger partial charge on any atom is 0.226 e. The predicted molar refractivity (Wildman–Crippen MR) is 87.1 cm³/mol. The Morgan fingerprint density at radius 3 is 2.50 bits per heavy atom. The fourth-order valence-electron chi connectivity index (χ4n) is 4.93. The summed E-state index contributed by atoms with van der Waals surface area (Å²) in [6.07, 6.45) is 6.81. The Hall–Kier alpha value is -1.35. The summed E-state index contributed by atoms with van der Waals surface area (Å²) in [4.78, 5) is 15.1. The summed E-state index contributed by atoms with van der Waals surface area (Å²) in [5.41, 5.74) is 9.10. The highest BCUT2D eigenvalue weighted by Gasteiger charge is 2.41. The molecule has 3 heteroatoms. The Balaban J connectivity index is 1.47. The van der Waals surface area contributed by atoms with Gasteiger partial charge in [-0.05, 0) is 55.1 Å². The van der Waals surface area contributed by atoms with E-state index in [-0.39, 0.29) is 5.92 Å². The highest BCUT2D eigenvalue weighted by atomic mass is 16.2. The minimum absolute atomic E-state index is 0.223. The van der Waals surface area contributed by atoms with Crippen molar-refractivity contribution in [1.29, 1.82) is 0 Å². The van der Waals surface area contributed by atoms with Crippen LogP contribution in [-0.2, 0) is 17.8 Å². The first kappa shape index (κ1) is 14.3. The molecule has 1 aliphatic heterocycles. The second-order valence-corrected chi connectivity index (χ2v) is 7.48. The SMILES string of the molecule is NC1C2CCCC1CC(C(=O)N1CCc3ccccc3C1)C2. The number of nitrogens with two attached hydrogens (primary N) is 1. The lowest BCUT2D eigenvalue weighted by atomic mass is 9.65. The molecular weight excluding hydrogens is 272 g/mol. The van der Waals surface area contributed by atoms with Crippen molar-refractivity contribution < 1.29 is 4.79 Å². The molecule has 3 aliphatic rings. The molecule has 1 amide bonds. The molecule has 2 fully saturated rings. The van der Waals surface area contributed by atoms with Crippen LogP contribution in [0, 0.1) is 17.8 Å². The van der Waals surface area contributed by atoms with Gasteiger partial charge in [0, 0.05) is 25.0 Å². The summed E-state index contributed by atoms with van der Waals surface area (Å²) >= 11 is 0. The zero-order valence-electron chi connectivity index (χ0n) is 13.2. The van der Waals surface area contributed by atoms with Crippen LogP contribution in [0.25, 0.3) is 0 Å². The fraction of sp³-hybridized carbons (Fsp3) is 0.632. The summed E-state index contributed by atoms with van der Waals surface area (Å²) in [6, 6.07) is 8.89. The lowest BCUT2D eigenvalue weighted by Gasteiger charge is -2.45. The van der Waals surface area contributed by atoms with E-state index >= 15 is 0 Å². The molecule has 2 aliphatic carbocycles. The Bertz CT molecular complexity index is 556. The van der Waals surface area contributed by atoms with Crippen LogP contribution < -0.4 is 5.73 Å². The van der Waals surface area contributed by atoms with E-state index in [0.29, 0.717) is 23.8 Å². The fourth-order valence-corrected chi connectivity index (χ4v) is 4.93. The van der Waals surface area contributed by atoms with Gasteiger partial charge in [0.05, 0.1) is 0 Å². The van der Waals surface area contributed by atoms with Gasteiger partial charge < -0.3 is 10.6 Å². The van der Waals surface area contributed by atoms with Gasteiger partial charge in [-0.15, -0.1) is 0 Å². The van der Waals surface area contributed by atoms with Crippen LogP contribution in [0.2, 0.25) is 0 Å². The zero-order valence-corrected chi connectivity index (χ0v) is 13.2. The number of hydrogen-bond donors (Lipinski definition) is 1. The average Bonchev–Trinajstić information content (AvgIpc) is 2.53. The lowest BCUT2D eigenvalue weighted by molar-refractivity contribution is -0.139. The summed E-state index contributed by atoms with van der Waals surface area (Å²) < 4.78 is 0. The second kappa shape index (κ2) is 5.69. The van der Waals surface area contributed by atoms with Crippen LogP contribution in [0.3, 0.4) is 0 Å². The van der Waals surface area contributed by atoms with Gasteiger partial charge in [0.25, 0.3) is 0 Å². The van der Waals surface area contributed by atoms with Gasteiger partial charge in [-0.2, -0.15) is 0 Å². The van der Waals surface area contributed by atoms with Gasteiger partial charge >= 0.3 is 0 Å². The largest absolute Gasteiger partial charge is 0.338 e. The van der Waals surface area contributed by atoms with E-state index in [4.69, 9.17) is 5.73 Å². The molecule has 1 aromatic rings. The van der Waals surface area contributed by atoms with E-state index in [1.807, 2.05) is 0 Å². The second-order valence-electron chi connectivity index (χ2n) is 7.48. The van der Waals surface area contributed by atoms with Crippen molar-refractivity contribution in [3.8, 4) is 0 Å². The first-order valence-electron chi connectivity index (χ1n) is 8.83. The number of hydrogen-bond acceptors (Lipinski definition) is 2. The van der Waals surface area contributed by atoms with E-state index in [1.54, 1.807) is 0 Å². The molecular formula is C19H26N2O. The van der Waals surface area contributed by atoms with E-state index in [1.165, 1.54) is 30.4 Å². The molecule has 2 unspecified atom stereocenters. The Kier molecular flexibility index (Phi) is 3.69. The van der Waals surface area contributed by atoms with E-state index in [9.17, 15) is 4.79 Å². The van der Waals surface area contributed by atoms with Crippen LogP contribution in [0.5, 0.6) is 0 Å². The predicted octanol–water partition coefficient (Wildman–Crippen LogP) is 2.72. The third-order valence-electron chi connectivity index (χ3n) is 6.20. The van der Waals surface area contributed by atoms with Crippen molar-refractivity contribution in [3.05, 3.63) is 35.4 Å².